The second-order valence-corrected chi connectivity index (χ2v) is 2.89. The highest BCUT2D eigenvalue weighted by Crippen LogP contribution is 2.13. The lowest BCUT2D eigenvalue weighted by Gasteiger charge is -2.00. The lowest BCUT2D eigenvalue weighted by Crippen LogP contribution is -2.13. The van der Waals surface area contributed by atoms with E-state index in [9.17, 15) is 4.79 Å². The Morgan fingerprint density at radius 2 is 1.87 bits per heavy atom. The fourth-order valence-electron chi connectivity index (χ4n) is 1.15. The van der Waals surface area contributed by atoms with Gasteiger partial charge in [0.25, 0.3) is 5.91 Å². The smallest absolute Gasteiger partial charge is 0.268 e. The van der Waals surface area contributed by atoms with Crippen LogP contribution in [0.15, 0.2) is 36.9 Å². The monoisotopic (exact) mass is 200 g/mol. The van der Waals surface area contributed by atoms with E-state index >= 15 is 0 Å². The van der Waals surface area contributed by atoms with Gasteiger partial charge in [-0.15, -0.1) is 0 Å². The fourth-order valence-corrected chi connectivity index (χ4v) is 1.15. The Hall–Kier alpha value is -2.30. The molecule has 0 fully saturated rings. The van der Waals surface area contributed by atoms with Crippen LogP contribution in [0.4, 0.5) is 0 Å². The molecule has 15 heavy (non-hydrogen) atoms. The predicted molar refractivity (Wildman–Crippen MR) is 53.8 cm³/mol. The van der Waals surface area contributed by atoms with Crippen LogP contribution >= 0.6 is 0 Å². The van der Waals surface area contributed by atoms with Gasteiger partial charge in [-0.3, -0.25) is 14.8 Å². The van der Waals surface area contributed by atoms with E-state index in [1.54, 1.807) is 30.7 Å². The van der Waals surface area contributed by atoms with E-state index in [4.69, 9.17) is 5.73 Å². The molecule has 0 aliphatic heterocycles. The van der Waals surface area contributed by atoms with Gasteiger partial charge in [-0.2, -0.15) is 0 Å². The van der Waals surface area contributed by atoms with E-state index in [1.807, 2.05) is 0 Å². The van der Waals surface area contributed by atoms with Gasteiger partial charge in [-0.05, 0) is 12.1 Å². The number of primary amides is 1. The molecule has 5 nitrogen and oxygen atoms in total. The Morgan fingerprint density at radius 1 is 1.13 bits per heavy atom. The average Bonchev–Trinajstić information content (AvgIpc) is 2.30. The van der Waals surface area contributed by atoms with Gasteiger partial charge in [0.15, 0.2) is 0 Å². The molecule has 2 rings (SSSR count). The molecular weight excluding hydrogens is 192 g/mol. The van der Waals surface area contributed by atoms with Crippen molar-refractivity contribution >= 4 is 5.91 Å². The third-order valence-electron chi connectivity index (χ3n) is 1.86. The Bertz CT molecular complexity index is 484. The Balaban J connectivity index is 2.46. The number of aromatic nitrogens is 3. The summed E-state index contributed by atoms with van der Waals surface area (Å²) in [6.45, 7) is 0. The summed E-state index contributed by atoms with van der Waals surface area (Å²) in [5.74, 6) is -0.585. The second kappa shape index (κ2) is 3.83. The number of nitrogens with zero attached hydrogens (tertiary/aromatic N) is 3. The average molecular weight is 200 g/mol. The number of amides is 1. The van der Waals surface area contributed by atoms with E-state index in [1.165, 1.54) is 6.20 Å². The standard InChI is InChI=1S/C10H8N4O/c11-10(15)9-6-13-5-8(14-9)7-1-3-12-4-2-7/h1-6H,(H2,11,15). The van der Waals surface area contributed by atoms with Gasteiger partial charge in [0.05, 0.1) is 18.1 Å². The van der Waals surface area contributed by atoms with Crippen molar-refractivity contribution in [1.82, 2.24) is 15.0 Å². The van der Waals surface area contributed by atoms with Crippen molar-refractivity contribution in [2.24, 2.45) is 5.73 Å². The minimum Gasteiger partial charge on any atom is -0.364 e. The summed E-state index contributed by atoms with van der Waals surface area (Å²) in [6.07, 6.45) is 6.21. The Kier molecular flexibility index (Phi) is 2.37. The van der Waals surface area contributed by atoms with Crippen LogP contribution in [0.2, 0.25) is 0 Å². The van der Waals surface area contributed by atoms with Crippen LogP contribution in [0.3, 0.4) is 0 Å². The number of rotatable bonds is 2. The summed E-state index contributed by atoms with van der Waals surface area (Å²) in [7, 11) is 0. The normalized spacial score (nSPS) is 9.87. The fraction of sp³-hybridized carbons (Fsp3) is 0. The van der Waals surface area contributed by atoms with Gasteiger partial charge >= 0.3 is 0 Å². The molecule has 0 aliphatic rings. The highest BCUT2D eigenvalue weighted by molar-refractivity contribution is 5.90. The molecule has 0 saturated heterocycles. The molecule has 0 bridgehead atoms. The molecule has 0 radical (unpaired) electrons. The minimum absolute atomic E-state index is 0.157. The maximum absolute atomic E-state index is 10.9. The molecule has 2 N–H and O–H groups in total. The zero-order valence-corrected chi connectivity index (χ0v) is 7.79. The molecule has 0 atom stereocenters. The third kappa shape index (κ3) is 1.96. The van der Waals surface area contributed by atoms with Crippen LogP contribution in [0, 0.1) is 0 Å². The van der Waals surface area contributed by atoms with Gasteiger partial charge in [-0.1, -0.05) is 0 Å². The largest absolute Gasteiger partial charge is 0.364 e. The summed E-state index contributed by atoms with van der Waals surface area (Å²) < 4.78 is 0. The number of pyridine rings is 1. The van der Waals surface area contributed by atoms with E-state index in [0.717, 1.165) is 5.56 Å². The highest BCUT2D eigenvalue weighted by atomic mass is 16.1. The lowest BCUT2D eigenvalue weighted by molar-refractivity contribution is 0.0995. The van der Waals surface area contributed by atoms with E-state index in [0.29, 0.717) is 5.69 Å². The van der Waals surface area contributed by atoms with Crippen LogP contribution in [0.1, 0.15) is 10.5 Å². The highest BCUT2D eigenvalue weighted by Gasteiger charge is 2.05. The number of nitrogens with two attached hydrogens (primary N) is 1. The van der Waals surface area contributed by atoms with E-state index in [-0.39, 0.29) is 5.69 Å². The first-order valence-electron chi connectivity index (χ1n) is 4.29. The number of hydrogen-bond acceptors (Lipinski definition) is 4. The van der Waals surface area contributed by atoms with Gasteiger partial charge < -0.3 is 5.73 Å². The van der Waals surface area contributed by atoms with Crippen molar-refractivity contribution in [1.29, 1.82) is 0 Å². The van der Waals surface area contributed by atoms with Crippen LogP contribution in [-0.4, -0.2) is 20.9 Å². The molecule has 0 aromatic carbocycles. The van der Waals surface area contributed by atoms with Gasteiger partial charge in [-0.25, -0.2) is 4.98 Å². The van der Waals surface area contributed by atoms with Gasteiger partial charge in [0.1, 0.15) is 5.69 Å². The first-order valence-corrected chi connectivity index (χ1v) is 4.29. The molecule has 2 heterocycles. The molecule has 0 unspecified atom stereocenters. The van der Waals surface area contributed by atoms with Gasteiger partial charge in [0, 0.05) is 18.0 Å². The van der Waals surface area contributed by atoms with E-state index in [2.05, 4.69) is 15.0 Å². The quantitative estimate of drug-likeness (QED) is 0.771. The van der Waals surface area contributed by atoms with E-state index < -0.39 is 5.91 Å². The van der Waals surface area contributed by atoms with Crippen LogP contribution < -0.4 is 5.73 Å². The summed E-state index contributed by atoms with van der Waals surface area (Å²) in [6, 6.07) is 3.57. The Morgan fingerprint density at radius 3 is 2.53 bits per heavy atom. The second-order valence-electron chi connectivity index (χ2n) is 2.89. The number of carbonyl (C=O) groups is 1. The van der Waals surface area contributed by atoms with Crippen LogP contribution in [0.5, 0.6) is 0 Å². The van der Waals surface area contributed by atoms with Gasteiger partial charge in [0.2, 0.25) is 0 Å². The molecule has 5 heteroatoms. The third-order valence-corrected chi connectivity index (χ3v) is 1.86. The zero-order valence-electron chi connectivity index (χ0n) is 7.79. The summed E-state index contributed by atoms with van der Waals surface area (Å²) >= 11 is 0. The Labute approximate surface area is 86.0 Å². The van der Waals surface area contributed by atoms with Crippen molar-refractivity contribution in [3.8, 4) is 11.3 Å². The number of hydrogen-bond donors (Lipinski definition) is 1. The van der Waals surface area contributed by atoms with Crippen LogP contribution in [0.25, 0.3) is 11.3 Å². The number of carbonyl (C=O) groups excluding carboxylic acids is 1. The lowest BCUT2D eigenvalue weighted by atomic mass is 10.2. The minimum atomic E-state index is -0.585. The molecule has 1 amide bonds. The summed E-state index contributed by atoms with van der Waals surface area (Å²) in [5.41, 5.74) is 6.72. The van der Waals surface area contributed by atoms with Crippen molar-refractivity contribution in [3.05, 3.63) is 42.6 Å². The first kappa shape index (κ1) is 9.26. The molecular formula is C10H8N4O. The van der Waals surface area contributed by atoms with Crippen molar-refractivity contribution in [2.75, 3.05) is 0 Å². The maximum atomic E-state index is 10.9. The molecule has 0 saturated carbocycles. The topological polar surface area (TPSA) is 81.8 Å². The first-order chi connectivity index (χ1) is 7.27. The SMILES string of the molecule is NC(=O)c1cncc(-c2ccncc2)n1. The molecule has 0 spiro atoms. The van der Waals surface area contributed by atoms with Crippen molar-refractivity contribution in [3.63, 3.8) is 0 Å². The molecule has 0 aliphatic carbocycles. The summed E-state index contributed by atoms with van der Waals surface area (Å²) in [5, 5.41) is 0. The van der Waals surface area contributed by atoms with Crippen molar-refractivity contribution < 1.29 is 4.79 Å². The zero-order chi connectivity index (χ0) is 10.7. The molecule has 74 valence electrons. The van der Waals surface area contributed by atoms with Crippen molar-refractivity contribution in [2.45, 2.75) is 0 Å². The van der Waals surface area contributed by atoms with Crippen LogP contribution in [-0.2, 0) is 0 Å². The molecule has 2 aromatic heterocycles. The predicted octanol–water partition coefficient (Wildman–Crippen LogP) is 0.637. The maximum Gasteiger partial charge on any atom is 0.268 e. The summed E-state index contributed by atoms with van der Waals surface area (Å²) in [4.78, 5) is 22.8. The molecule has 2 aromatic rings.